The van der Waals surface area contributed by atoms with Crippen LogP contribution in [0.1, 0.15) is 18.5 Å². The number of methoxy groups -OCH3 is 1. The third-order valence-corrected chi connectivity index (χ3v) is 3.31. The van der Waals surface area contributed by atoms with Gasteiger partial charge < -0.3 is 15.4 Å². The monoisotopic (exact) mass is 326 g/mol. The molecule has 0 bridgehead atoms. The van der Waals surface area contributed by atoms with Crippen molar-refractivity contribution in [2.75, 3.05) is 20.2 Å². The number of carbonyl (C=O) groups is 1. The highest BCUT2D eigenvalue weighted by molar-refractivity contribution is 9.10. The minimum atomic E-state index is -0.0423. The van der Waals surface area contributed by atoms with Crippen molar-refractivity contribution in [3.8, 4) is 5.75 Å². The zero-order valence-electron chi connectivity index (χ0n) is 11.2. The molecule has 2 N–H and O–H groups in total. The molecule has 0 aliphatic heterocycles. The molecule has 0 fully saturated rings. The van der Waals surface area contributed by atoms with Crippen LogP contribution in [0.2, 0.25) is 0 Å². The van der Waals surface area contributed by atoms with E-state index < -0.39 is 0 Å². The number of benzene rings is 1. The van der Waals surface area contributed by atoms with E-state index in [0.29, 0.717) is 6.54 Å². The van der Waals surface area contributed by atoms with Crippen LogP contribution in [0.3, 0.4) is 0 Å². The molecule has 0 saturated carbocycles. The average molecular weight is 327 g/mol. The van der Waals surface area contributed by atoms with Crippen LogP contribution >= 0.6 is 15.9 Å². The first-order valence-corrected chi connectivity index (χ1v) is 6.82. The van der Waals surface area contributed by atoms with Crippen molar-refractivity contribution in [3.63, 3.8) is 0 Å². The SMILES string of the molecule is C=CCNC(=O)CNC(C)c1ccc(OC)c(Br)c1. The molecular weight excluding hydrogens is 308 g/mol. The maximum atomic E-state index is 11.5. The van der Waals surface area contributed by atoms with Crippen LogP contribution in [0, 0.1) is 0 Å². The van der Waals surface area contributed by atoms with Crippen LogP contribution < -0.4 is 15.4 Å². The lowest BCUT2D eigenvalue weighted by atomic mass is 10.1. The summed E-state index contributed by atoms with van der Waals surface area (Å²) >= 11 is 3.45. The van der Waals surface area contributed by atoms with Crippen molar-refractivity contribution >= 4 is 21.8 Å². The molecule has 104 valence electrons. The molecule has 5 heteroatoms. The third-order valence-electron chi connectivity index (χ3n) is 2.69. The smallest absolute Gasteiger partial charge is 0.234 e. The van der Waals surface area contributed by atoms with Crippen LogP contribution in [0.5, 0.6) is 5.75 Å². The Morgan fingerprint density at radius 3 is 2.89 bits per heavy atom. The summed E-state index contributed by atoms with van der Waals surface area (Å²) in [6, 6.07) is 5.94. The quantitative estimate of drug-likeness (QED) is 0.756. The molecule has 0 heterocycles. The number of amides is 1. The Bertz CT molecular complexity index is 449. The van der Waals surface area contributed by atoms with Gasteiger partial charge >= 0.3 is 0 Å². The number of ether oxygens (including phenoxy) is 1. The Labute approximate surface area is 122 Å². The number of hydrogen-bond donors (Lipinski definition) is 2. The van der Waals surface area contributed by atoms with Gasteiger partial charge in [-0.3, -0.25) is 4.79 Å². The summed E-state index contributed by atoms with van der Waals surface area (Å²) in [7, 11) is 1.63. The Morgan fingerprint density at radius 2 is 2.32 bits per heavy atom. The van der Waals surface area contributed by atoms with Gasteiger partial charge in [-0.1, -0.05) is 12.1 Å². The van der Waals surface area contributed by atoms with E-state index in [2.05, 4.69) is 33.1 Å². The molecule has 4 nitrogen and oxygen atoms in total. The van der Waals surface area contributed by atoms with E-state index in [4.69, 9.17) is 4.74 Å². The average Bonchev–Trinajstić information content (AvgIpc) is 2.42. The van der Waals surface area contributed by atoms with Crippen molar-refractivity contribution in [2.24, 2.45) is 0 Å². The molecule has 1 aromatic rings. The van der Waals surface area contributed by atoms with Gasteiger partial charge in [0.2, 0.25) is 5.91 Å². The number of carbonyl (C=O) groups excluding carboxylic acids is 1. The first-order chi connectivity index (χ1) is 9.08. The lowest BCUT2D eigenvalue weighted by Crippen LogP contribution is -2.35. The molecule has 0 saturated heterocycles. The van der Waals surface area contributed by atoms with Crippen LogP contribution in [0.15, 0.2) is 35.3 Å². The van der Waals surface area contributed by atoms with Crippen LogP contribution in [-0.2, 0) is 4.79 Å². The predicted octanol–water partition coefficient (Wildman–Crippen LogP) is 2.41. The van der Waals surface area contributed by atoms with Gasteiger partial charge in [-0.25, -0.2) is 0 Å². The molecule has 0 aliphatic rings. The molecular formula is C14H19BrN2O2. The summed E-state index contributed by atoms with van der Waals surface area (Å²) in [4.78, 5) is 11.5. The Kier molecular flexibility index (Phi) is 6.59. The Balaban J connectivity index is 2.53. The van der Waals surface area contributed by atoms with Crippen LogP contribution in [0.25, 0.3) is 0 Å². The van der Waals surface area contributed by atoms with Crippen molar-refractivity contribution in [1.82, 2.24) is 10.6 Å². The fraction of sp³-hybridized carbons (Fsp3) is 0.357. The lowest BCUT2D eigenvalue weighted by Gasteiger charge is -2.15. The molecule has 1 atom stereocenters. The molecule has 0 spiro atoms. The van der Waals surface area contributed by atoms with Crippen molar-refractivity contribution < 1.29 is 9.53 Å². The molecule has 1 amide bonds. The van der Waals surface area contributed by atoms with E-state index in [-0.39, 0.29) is 18.5 Å². The van der Waals surface area contributed by atoms with Gasteiger partial charge in [-0.15, -0.1) is 6.58 Å². The fourth-order valence-corrected chi connectivity index (χ4v) is 2.12. The zero-order chi connectivity index (χ0) is 14.3. The molecule has 19 heavy (non-hydrogen) atoms. The molecule has 0 aromatic heterocycles. The fourth-order valence-electron chi connectivity index (χ4n) is 1.56. The summed E-state index contributed by atoms with van der Waals surface area (Å²) in [6.07, 6.45) is 1.65. The topological polar surface area (TPSA) is 50.4 Å². The predicted molar refractivity (Wildman–Crippen MR) is 80.3 cm³/mol. The standard InChI is InChI=1S/C14H19BrN2O2/c1-4-7-16-14(18)9-17-10(2)11-5-6-13(19-3)12(15)8-11/h4-6,8,10,17H,1,7,9H2,2-3H3,(H,16,18). The molecule has 1 unspecified atom stereocenters. The first-order valence-electron chi connectivity index (χ1n) is 6.03. The summed E-state index contributed by atoms with van der Waals surface area (Å²) in [5.74, 6) is 0.749. The zero-order valence-corrected chi connectivity index (χ0v) is 12.8. The van der Waals surface area contributed by atoms with Gasteiger partial charge in [0.25, 0.3) is 0 Å². The minimum Gasteiger partial charge on any atom is -0.496 e. The van der Waals surface area contributed by atoms with E-state index in [0.717, 1.165) is 15.8 Å². The Morgan fingerprint density at radius 1 is 1.58 bits per heavy atom. The number of hydrogen-bond acceptors (Lipinski definition) is 3. The highest BCUT2D eigenvalue weighted by atomic mass is 79.9. The van der Waals surface area contributed by atoms with Crippen LogP contribution in [-0.4, -0.2) is 26.1 Å². The van der Waals surface area contributed by atoms with E-state index in [9.17, 15) is 4.79 Å². The first kappa shape index (κ1) is 15.7. The lowest BCUT2D eigenvalue weighted by molar-refractivity contribution is -0.120. The second-order valence-electron chi connectivity index (χ2n) is 4.09. The van der Waals surface area contributed by atoms with E-state index in [1.54, 1.807) is 13.2 Å². The summed E-state index contributed by atoms with van der Waals surface area (Å²) < 4.78 is 6.08. The largest absolute Gasteiger partial charge is 0.496 e. The number of halogens is 1. The Hall–Kier alpha value is -1.33. The van der Waals surface area contributed by atoms with Gasteiger partial charge in [-0.05, 0) is 40.5 Å². The maximum Gasteiger partial charge on any atom is 0.234 e. The highest BCUT2D eigenvalue weighted by Gasteiger charge is 2.09. The second-order valence-corrected chi connectivity index (χ2v) is 4.94. The second kappa shape index (κ2) is 7.96. The van der Waals surface area contributed by atoms with E-state index >= 15 is 0 Å². The van der Waals surface area contributed by atoms with Gasteiger partial charge in [0.15, 0.2) is 0 Å². The van der Waals surface area contributed by atoms with Gasteiger partial charge in [0.05, 0.1) is 18.1 Å². The van der Waals surface area contributed by atoms with Crippen molar-refractivity contribution in [2.45, 2.75) is 13.0 Å². The van der Waals surface area contributed by atoms with Gasteiger partial charge in [0.1, 0.15) is 5.75 Å². The number of rotatable bonds is 7. The van der Waals surface area contributed by atoms with E-state index in [1.165, 1.54) is 0 Å². The number of nitrogens with one attached hydrogen (secondary N) is 2. The molecule has 1 rings (SSSR count). The molecule has 0 radical (unpaired) electrons. The molecule has 0 aliphatic carbocycles. The third kappa shape index (κ3) is 5.04. The van der Waals surface area contributed by atoms with Gasteiger partial charge in [0, 0.05) is 12.6 Å². The summed E-state index contributed by atoms with van der Waals surface area (Å²) in [5, 5.41) is 5.88. The normalized spacial score (nSPS) is 11.7. The van der Waals surface area contributed by atoms with Gasteiger partial charge in [-0.2, -0.15) is 0 Å². The van der Waals surface area contributed by atoms with Crippen molar-refractivity contribution in [3.05, 3.63) is 40.9 Å². The maximum absolute atomic E-state index is 11.5. The minimum absolute atomic E-state index is 0.0423. The highest BCUT2D eigenvalue weighted by Crippen LogP contribution is 2.27. The summed E-state index contributed by atoms with van der Waals surface area (Å²) in [6.45, 7) is 6.32. The summed E-state index contributed by atoms with van der Waals surface area (Å²) in [5.41, 5.74) is 1.09. The molecule has 1 aromatic carbocycles. The van der Waals surface area contributed by atoms with E-state index in [1.807, 2.05) is 25.1 Å². The van der Waals surface area contributed by atoms with Crippen LogP contribution in [0.4, 0.5) is 0 Å². The van der Waals surface area contributed by atoms with Crippen molar-refractivity contribution in [1.29, 1.82) is 0 Å².